The highest BCUT2D eigenvalue weighted by molar-refractivity contribution is 5.29. The van der Waals surface area contributed by atoms with Crippen LogP contribution in [-0.4, -0.2) is 11.0 Å². The Balaban J connectivity index is 1.99. The number of hydrogen-bond donors (Lipinski definition) is 1. The van der Waals surface area contributed by atoms with Gasteiger partial charge in [-0.1, -0.05) is 12.1 Å². The first-order chi connectivity index (χ1) is 8.53. The molecule has 18 heavy (non-hydrogen) atoms. The highest BCUT2D eigenvalue weighted by Gasteiger charge is 2.31. The molecule has 2 aromatic rings. The Morgan fingerprint density at radius 3 is 2.50 bits per heavy atom. The molecule has 0 spiro atoms. The summed E-state index contributed by atoms with van der Waals surface area (Å²) in [6.45, 7) is 0.406. The van der Waals surface area contributed by atoms with Gasteiger partial charge in [0.1, 0.15) is 5.75 Å². The summed E-state index contributed by atoms with van der Waals surface area (Å²) in [5.74, 6) is -0.214. The molecule has 3 nitrogen and oxygen atoms in total. The Morgan fingerprint density at radius 1 is 1.11 bits per heavy atom. The number of benzene rings is 1. The second-order valence-corrected chi connectivity index (χ2v) is 3.62. The smallest absolute Gasteiger partial charge is 0.406 e. The fraction of sp³-hybridized carbons (Fsp3) is 0.167. The van der Waals surface area contributed by atoms with Crippen LogP contribution in [0.5, 0.6) is 5.75 Å². The predicted octanol–water partition coefficient (Wildman–Crippen LogP) is 3.13. The molecule has 6 heteroatoms. The second kappa shape index (κ2) is 5.03. The third-order valence-corrected chi connectivity index (χ3v) is 2.20. The minimum atomic E-state index is -4.66. The number of ether oxygens (including phenoxy) is 1. The topological polar surface area (TPSA) is 26.2 Å². The molecule has 0 saturated heterocycles. The van der Waals surface area contributed by atoms with Gasteiger partial charge in [-0.15, -0.1) is 13.2 Å². The van der Waals surface area contributed by atoms with Crippen LogP contribution in [0.4, 0.5) is 13.2 Å². The van der Waals surface area contributed by atoms with Crippen molar-refractivity contribution in [3.63, 3.8) is 0 Å². The number of aromatic nitrogens is 1. The average molecular weight is 256 g/mol. The van der Waals surface area contributed by atoms with Crippen molar-refractivity contribution >= 4 is 0 Å². The molecule has 0 amide bonds. The molecule has 96 valence electrons. The van der Waals surface area contributed by atoms with Gasteiger partial charge in [-0.25, -0.2) is 0 Å². The van der Waals surface area contributed by atoms with Gasteiger partial charge in [-0.3, -0.25) is 4.68 Å². The van der Waals surface area contributed by atoms with E-state index in [0.717, 1.165) is 0 Å². The zero-order valence-corrected chi connectivity index (χ0v) is 9.32. The monoisotopic (exact) mass is 256 g/mol. The maximum Gasteiger partial charge on any atom is 0.573 e. The summed E-state index contributed by atoms with van der Waals surface area (Å²) in [6.07, 6.45) is -1.06. The Kier molecular flexibility index (Phi) is 3.45. The highest BCUT2D eigenvalue weighted by Crippen LogP contribution is 2.23. The summed E-state index contributed by atoms with van der Waals surface area (Å²) < 4.78 is 41.7. The summed E-state index contributed by atoms with van der Waals surface area (Å²) in [6, 6.07) is 9.55. The van der Waals surface area contributed by atoms with E-state index in [1.54, 1.807) is 23.1 Å². The molecular formula is C12H11F3N2O. The van der Waals surface area contributed by atoms with Crippen molar-refractivity contribution in [2.45, 2.75) is 12.9 Å². The lowest BCUT2D eigenvalue weighted by atomic mass is 10.2. The molecule has 1 heterocycles. The van der Waals surface area contributed by atoms with Crippen molar-refractivity contribution in [1.82, 2.24) is 4.68 Å². The molecule has 0 radical (unpaired) electrons. The van der Waals surface area contributed by atoms with Gasteiger partial charge >= 0.3 is 6.36 Å². The summed E-state index contributed by atoms with van der Waals surface area (Å²) in [5, 5.41) is 0. The zero-order valence-electron chi connectivity index (χ0n) is 9.32. The Hall–Kier alpha value is -2.11. The number of halogens is 3. The molecule has 1 N–H and O–H groups in total. The van der Waals surface area contributed by atoms with E-state index in [1.807, 2.05) is 12.1 Å². The van der Waals surface area contributed by atoms with E-state index in [2.05, 4.69) is 10.2 Å². The standard InChI is InChI=1S/C12H11F3N2O/c13-12(14,15)18-11-5-3-4-10(8-11)9-16-17-6-1-2-7-17/h1-8,16H,9H2. The van der Waals surface area contributed by atoms with E-state index in [1.165, 1.54) is 18.2 Å². The van der Waals surface area contributed by atoms with Crippen molar-refractivity contribution in [2.75, 3.05) is 5.43 Å². The average Bonchev–Trinajstić information content (AvgIpc) is 2.77. The summed E-state index contributed by atoms with van der Waals surface area (Å²) >= 11 is 0. The first-order valence-corrected chi connectivity index (χ1v) is 5.24. The van der Waals surface area contributed by atoms with E-state index in [0.29, 0.717) is 12.1 Å². The number of alkyl halides is 3. The first-order valence-electron chi connectivity index (χ1n) is 5.24. The van der Waals surface area contributed by atoms with Gasteiger partial charge in [-0.2, -0.15) is 0 Å². The van der Waals surface area contributed by atoms with Gasteiger partial charge in [0.05, 0.1) is 6.54 Å². The molecule has 0 bridgehead atoms. The van der Waals surface area contributed by atoms with Crippen molar-refractivity contribution < 1.29 is 17.9 Å². The third kappa shape index (κ3) is 3.73. The van der Waals surface area contributed by atoms with Gasteiger partial charge in [0.15, 0.2) is 0 Å². The molecule has 0 fully saturated rings. The first kappa shape index (κ1) is 12.3. The summed E-state index contributed by atoms with van der Waals surface area (Å²) in [5.41, 5.74) is 3.71. The van der Waals surface area contributed by atoms with Crippen LogP contribution >= 0.6 is 0 Å². The number of nitrogens with zero attached hydrogens (tertiary/aromatic N) is 1. The van der Waals surface area contributed by atoms with Crippen LogP contribution in [0, 0.1) is 0 Å². The van der Waals surface area contributed by atoms with Crippen LogP contribution < -0.4 is 10.2 Å². The third-order valence-electron chi connectivity index (χ3n) is 2.20. The Bertz CT molecular complexity index is 494. The quantitative estimate of drug-likeness (QED) is 0.909. The predicted molar refractivity (Wildman–Crippen MR) is 60.6 cm³/mol. The summed E-state index contributed by atoms with van der Waals surface area (Å²) in [4.78, 5) is 0. The van der Waals surface area contributed by atoms with Crippen LogP contribution in [0.25, 0.3) is 0 Å². The van der Waals surface area contributed by atoms with Crippen molar-refractivity contribution in [3.8, 4) is 5.75 Å². The van der Waals surface area contributed by atoms with Gasteiger partial charge < -0.3 is 10.2 Å². The van der Waals surface area contributed by atoms with Gasteiger partial charge in [0.2, 0.25) is 0 Å². The maximum atomic E-state index is 12.0. The fourth-order valence-corrected chi connectivity index (χ4v) is 1.48. The van der Waals surface area contributed by atoms with E-state index in [9.17, 15) is 13.2 Å². The van der Waals surface area contributed by atoms with Gasteiger partial charge in [-0.05, 0) is 29.8 Å². The number of rotatable bonds is 4. The molecule has 1 aromatic carbocycles. The normalized spacial score (nSPS) is 11.3. The lowest BCUT2D eigenvalue weighted by Gasteiger charge is -2.11. The maximum absolute atomic E-state index is 12.0. The van der Waals surface area contributed by atoms with Crippen LogP contribution in [0.3, 0.4) is 0 Å². The van der Waals surface area contributed by atoms with E-state index in [-0.39, 0.29) is 5.75 Å². The lowest BCUT2D eigenvalue weighted by Crippen LogP contribution is -2.17. The largest absolute Gasteiger partial charge is 0.573 e. The molecule has 2 rings (SSSR count). The lowest BCUT2D eigenvalue weighted by molar-refractivity contribution is -0.274. The van der Waals surface area contributed by atoms with E-state index in [4.69, 9.17) is 0 Å². The molecular weight excluding hydrogens is 245 g/mol. The SMILES string of the molecule is FC(F)(F)Oc1cccc(CNn2cccc2)c1. The highest BCUT2D eigenvalue weighted by atomic mass is 19.4. The molecule has 0 aliphatic heterocycles. The van der Waals surface area contributed by atoms with Gasteiger partial charge in [0, 0.05) is 12.4 Å². The molecule has 0 atom stereocenters. The second-order valence-electron chi connectivity index (χ2n) is 3.62. The molecule has 0 aliphatic carbocycles. The minimum Gasteiger partial charge on any atom is -0.406 e. The van der Waals surface area contributed by atoms with Crippen LogP contribution in [0.1, 0.15) is 5.56 Å². The number of hydrogen-bond acceptors (Lipinski definition) is 2. The molecule has 0 aliphatic rings. The van der Waals surface area contributed by atoms with Crippen molar-refractivity contribution in [1.29, 1.82) is 0 Å². The Labute approximate surface area is 102 Å². The zero-order chi connectivity index (χ0) is 13.0. The van der Waals surface area contributed by atoms with Crippen molar-refractivity contribution in [2.24, 2.45) is 0 Å². The molecule has 0 saturated carbocycles. The number of nitrogens with one attached hydrogen (secondary N) is 1. The Morgan fingerprint density at radius 2 is 1.83 bits per heavy atom. The van der Waals surface area contributed by atoms with Crippen LogP contribution in [0.15, 0.2) is 48.8 Å². The van der Waals surface area contributed by atoms with Crippen molar-refractivity contribution in [3.05, 3.63) is 54.4 Å². The minimum absolute atomic E-state index is 0.214. The molecule has 1 aromatic heterocycles. The summed E-state index contributed by atoms with van der Waals surface area (Å²) in [7, 11) is 0. The van der Waals surface area contributed by atoms with Crippen LogP contribution in [0.2, 0.25) is 0 Å². The van der Waals surface area contributed by atoms with Crippen LogP contribution in [-0.2, 0) is 6.54 Å². The van der Waals surface area contributed by atoms with E-state index < -0.39 is 6.36 Å². The fourth-order valence-electron chi connectivity index (χ4n) is 1.48. The van der Waals surface area contributed by atoms with E-state index >= 15 is 0 Å². The van der Waals surface area contributed by atoms with Gasteiger partial charge in [0.25, 0.3) is 0 Å². The molecule has 0 unspecified atom stereocenters.